The van der Waals surface area contributed by atoms with Crippen molar-refractivity contribution in [3.05, 3.63) is 30.4 Å². The standard InChI is InChI=1S/C9H11N3/c1-7(2)8-6-11-9-10-4-3-5-12(8)9/h3-7H,1-2H3/p+1. The number of aromatic nitrogens is 3. The molecule has 12 heavy (non-hydrogen) atoms. The molecule has 0 fully saturated rings. The van der Waals surface area contributed by atoms with Gasteiger partial charge in [0, 0.05) is 12.0 Å². The summed E-state index contributed by atoms with van der Waals surface area (Å²) < 4.78 is 2.07. The average Bonchev–Trinajstić information content (AvgIpc) is 2.47. The second-order valence-electron chi connectivity index (χ2n) is 3.18. The summed E-state index contributed by atoms with van der Waals surface area (Å²) in [6.07, 6.45) is 5.82. The third-order valence-corrected chi connectivity index (χ3v) is 1.97. The van der Waals surface area contributed by atoms with Crippen molar-refractivity contribution in [1.82, 2.24) is 9.97 Å². The van der Waals surface area contributed by atoms with Crippen LogP contribution in [0.5, 0.6) is 0 Å². The molecule has 2 aromatic rings. The van der Waals surface area contributed by atoms with Crippen LogP contribution < -0.4 is 4.40 Å². The summed E-state index contributed by atoms with van der Waals surface area (Å²) in [6.45, 7) is 4.34. The second-order valence-corrected chi connectivity index (χ2v) is 3.18. The number of hydrogen-bond donors (Lipinski definition) is 1. The fourth-order valence-electron chi connectivity index (χ4n) is 1.34. The third kappa shape index (κ3) is 0.978. The predicted octanol–water partition coefficient (Wildman–Crippen LogP) is 1.27. The summed E-state index contributed by atoms with van der Waals surface area (Å²) in [5.74, 6) is 1.43. The number of H-pyrrole nitrogens is 1. The van der Waals surface area contributed by atoms with Gasteiger partial charge in [-0.3, -0.25) is 0 Å². The molecule has 2 aromatic heterocycles. The van der Waals surface area contributed by atoms with Gasteiger partial charge in [0.25, 0.3) is 0 Å². The molecule has 1 N–H and O–H groups in total. The van der Waals surface area contributed by atoms with Gasteiger partial charge in [0.1, 0.15) is 11.9 Å². The van der Waals surface area contributed by atoms with Crippen LogP contribution >= 0.6 is 0 Å². The van der Waals surface area contributed by atoms with Crippen molar-refractivity contribution in [2.24, 2.45) is 0 Å². The largest absolute Gasteiger partial charge is 0.400 e. The van der Waals surface area contributed by atoms with Crippen molar-refractivity contribution in [3.63, 3.8) is 0 Å². The van der Waals surface area contributed by atoms with Gasteiger partial charge in [0.2, 0.25) is 0 Å². The minimum absolute atomic E-state index is 0.521. The van der Waals surface area contributed by atoms with Crippen LogP contribution in [-0.4, -0.2) is 9.97 Å². The Labute approximate surface area is 71.1 Å². The van der Waals surface area contributed by atoms with Crippen LogP contribution in [0.25, 0.3) is 5.78 Å². The van der Waals surface area contributed by atoms with E-state index in [2.05, 4.69) is 28.2 Å². The number of nitrogens with zero attached hydrogens (tertiary/aromatic N) is 2. The van der Waals surface area contributed by atoms with Gasteiger partial charge in [-0.2, -0.15) is 0 Å². The molecule has 62 valence electrons. The van der Waals surface area contributed by atoms with Crippen molar-refractivity contribution >= 4 is 5.78 Å². The van der Waals surface area contributed by atoms with E-state index < -0.39 is 0 Å². The first-order valence-electron chi connectivity index (χ1n) is 4.12. The lowest BCUT2D eigenvalue weighted by Gasteiger charge is -1.97. The fourth-order valence-corrected chi connectivity index (χ4v) is 1.34. The van der Waals surface area contributed by atoms with Crippen LogP contribution in [0.15, 0.2) is 24.7 Å². The van der Waals surface area contributed by atoms with E-state index in [1.807, 2.05) is 18.5 Å². The number of hydrogen-bond acceptors (Lipinski definition) is 1. The Bertz CT molecular complexity index is 389. The molecule has 2 heterocycles. The molecule has 0 radical (unpaired) electrons. The Balaban J connectivity index is 2.70. The van der Waals surface area contributed by atoms with Gasteiger partial charge >= 0.3 is 5.78 Å². The maximum atomic E-state index is 4.19. The van der Waals surface area contributed by atoms with E-state index in [9.17, 15) is 0 Å². The molecule has 0 atom stereocenters. The molecule has 0 aromatic carbocycles. The van der Waals surface area contributed by atoms with Gasteiger partial charge in [-0.15, -0.1) is 0 Å². The van der Waals surface area contributed by atoms with E-state index in [0.717, 1.165) is 5.78 Å². The number of fused-ring (bicyclic) bond motifs is 1. The molecule has 3 nitrogen and oxygen atoms in total. The van der Waals surface area contributed by atoms with Crippen LogP contribution in [0.2, 0.25) is 0 Å². The first-order chi connectivity index (χ1) is 5.79. The molecule has 0 aliphatic heterocycles. The Morgan fingerprint density at radius 3 is 3.08 bits per heavy atom. The minimum atomic E-state index is 0.521. The highest BCUT2D eigenvalue weighted by Crippen LogP contribution is 2.08. The number of imidazole rings is 1. The summed E-state index contributed by atoms with van der Waals surface area (Å²) >= 11 is 0. The van der Waals surface area contributed by atoms with E-state index in [-0.39, 0.29) is 0 Å². The molecule has 0 unspecified atom stereocenters. The smallest absolute Gasteiger partial charge is 0.245 e. The molecular formula is C9H12N3+. The molecule has 3 heteroatoms. The van der Waals surface area contributed by atoms with Gasteiger partial charge < -0.3 is 0 Å². The summed E-state index contributed by atoms with van der Waals surface area (Å²) in [7, 11) is 0. The molecule has 2 rings (SSSR count). The SMILES string of the molecule is CC(C)c1c[nH]c2nccc[n+]12. The van der Waals surface area contributed by atoms with Crippen molar-refractivity contribution in [2.45, 2.75) is 19.8 Å². The van der Waals surface area contributed by atoms with Gasteiger partial charge in [0.05, 0.1) is 12.4 Å². The monoisotopic (exact) mass is 162 g/mol. The Morgan fingerprint density at radius 1 is 1.50 bits per heavy atom. The Hall–Kier alpha value is -1.38. The first-order valence-corrected chi connectivity index (χ1v) is 4.12. The van der Waals surface area contributed by atoms with Crippen molar-refractivity contribution < 1.29 is 4.40 Å². The highest BCUT2D eigenvalue weighted by Gasteiger charge is 2.11. The second kappa shape index (κ2) is 2.59. The molecule has 0 aliphatic rings. The lowest BCUT2D eigenvalue weighted by atomic mass is 10.1. The van der Waals surface area contributed by atoms with Crippen molar-refractivity contribution in [3.8, 4) is 0 Å². The van der Waals surface area contributed by atoms with E-state index in [4.69, 9.17) is 0 Å². The summed E-state index contributed by atoms with van der Waals surface area (Å²) in [6, 6.07) is 1.94. The van der Waals surface area contributed by atoms with Gasteiger partial charge in [-0.05, 0) is 0 Å². The number of nitrogens with one attached hydrogen (secondary N) is 1. The zero-order valence-electron chi connectivity index (χ0n) is 7.28. The number of rotatable bonds is 1. The normalized spacial score (nSPS) is 11.2. The molecule has 0 saturated heterocycles. The zero-order valence-corrected chi connectivity index (χ0v) is 7.28. The lowest BCUT2D eigenvalue weighted by molar-refractivity contribution is -0.523. The average molecular weight is 162 g/mol. The molecule has 0 bridgehead atoms. The van der Waals surface area contributed by atoms with Crippen LogP contribution in [0, 0.1) is 0 Å². The van der Waals surface area contributed by atoms with E-state index in [1.54, 1.807) is 6.20 Å². The topological polar surface area (TPSA) is 32.8 Å². The van der Waals surface area contributed by atoms with Crippen molar-refractivity contribution in [1.29, 1.82) is 0 Å². The zero-order chi connectivity index (χ0) is 8.55. The summed E-state index contributed by atoms with van der Waals surface area (Å²) in [5, 5.41) is 0. The van der Waals surface area contributed by atoms with Gasteiger partial charge in [-0.25, -0.2) is 9.38 Å². The van der Waals surface area contributed by atoms with Crippen LogP contribution in [0.4, 0.5) is 0 Å². The summed E-state index contributed by atoms with van der Waals surface area (Å²) in [4.78, 5) is 7.31. The molecule has 0 amide bonds. The predicted molar refractivity (Wildman–Crippen MR) is 45.8 cm³/mol. The van der Waals surface area contributed by atoms with Crippen LogP contribution in [0.3, 0.4) is 0 Å². The molecular weight excluding hydrogens is 150 g/mol. The number of aromatic amines is 1. The maximum Gasteiger partial charge on any atom is 0.400 e. The van der Waals surface area contributed by atoms with Gasteiger partial charge in [0.15, 0.2) is 0 Å². The molecule has 0 spiro atoms. The highest BCUT2D eigenvalue weighted by molar-refractivity contribution is 5.17. The van der Waals surface area contributed by atoms with Crippen molar-refractivity contribution in [2.75, 3.05) is 0 Å². The summed E-state index contributed by atoms with van der Waals surface area (Å²) in [5.41, 5.74) is 1.26. The Kier molecular flexibility index (Phi) is 1.57. The minimum Gasteiger partial charge on any atom is -0.245 e. The lowest BCUT2D eigenvalue weighted by Crippen LogP contribution is -2.25. The van der Waals surface area contributed by atoms with Crippen LogP contribution in [0.1, 0.15) is 25.5 Å². The van der Waals surface area contributed by atoms with E-state index >= 15 is 0 Å². The highest BCUT2D eigenvalue weighted by atomic mass is 15.1. The Morgan fingerprint density at radius 2 is 2.33 bits per heavy atom. The maximum absolute atomic E-state index is 4.19. The quantitative estimate of drug-likeness (QED) is 0.629. The fraction of sp³-hybridized carbons (Fsp3) is 0.333. The van der Waals surface area contributed by atoms with Gasteiger partial charge in [-0.1, -0.05) is 18.8 Å². The molecule has 0 saturated carbocycles. The van der Waals surface area contributed by atoms with E-state index in [1.165, 1.54) is 5.69 Å². The van der Waals surface area contributed by atoms with E-state index in [0.29, 0.717) is 5.92 Å². The molecule has 0 aliphatic carbocycles. The first kappa shape index (κ1) is 7.28. The third-order valence-electron chi connectivity index (χ3n) is 1.97. The van der Waals surface area contributed by atoms with Crippen LogP contribution in [-0.2, 0) is 0 Å².